The standard InChI is InChI=1S/C10H18N2O4/c1-2-16-10(15)8-7-11-4-6-12(8)5-3-9(13)14/h8,11H,2-7H2,1H3,(H,13,14). The highest BCUT2D eigenvalue weighted by atomic mass is 16.5. The van der Waals surface area contributed by atoms with Gasteiger partial charge in [-0.1, -0.05) is 0 Å². The average molecular weight is 230 g/mol. The summed E-state index contributed by atoms with van der Waals surface area (Å²) >= 11 is 0. The first-order chi connectivity index (χ1) is 7.65. The molecule has 0 aliphatic carbocycles. The van der Waals surface area contributed by atoms with Crippen LogP contribution in [0.2, 0.25) is 0 Å². The first-order valence-corrected chi connectivity index (χ1v) is 5.48. The fraction of sp³-hybridized carbons (Fsp3) is 0.800. The number of carboxylic acids is 1. The molecule has 92 valence electrons. The van der Waals surface area contributed by atoms with Crippen LogP contribution in [0, 0.1) is 0 Å². The monoisotopic (exact) mass is 230 g/mol. The lowest BCUT2D eigenvalue weighted by Gasteiger charge is -2.33. The average Bonchev–Trinajstić information content (AvgIpc) is 2.27. The van der Waals surface area contributed by atoms with E-state index in [1.165, 1.54) is 0 Å². The highest BCUT2D eigenvalue weighted by Gasteiger charge is 2.29. The van der Waals surface area contributed by atoms with E-state index in [1.807, 2.05) is 4.90 Å². The predicted molar refractivity (Wildman–Crippen MR) is 57.1 cm³/mol. The van der Waals surface area contributed by atoms with Crippen molar-refractivity contribution >= 4 is 11.9 Å². The van der Waals surface area contributed by atoms with Crippen molar-refractivity contribution in [3.63, 3.8) is 0 Å². The summed E-state index contributed by atoms with van der Waals surface area (Å²) in [5, 5.41) is 11.7. The molecule has 6 nitrogen and oxygen atoms in total. The van der Waals surface area contributed by atoms with E-state index in [4.69, 9.17) is 9.84 Å². The van der Waals surface area contributed by atoms with Crippen molar-refractivity contribution in [2.24, 2.45) is 0 Å². The summed E-state index contributed by atoms with van der Waals surface area (Å²) in [4.78, 5) is 24.0. The van der Waals surface area contributed by atoms with Crippen LogP contribution in [-0.2, 0) is 14.3 Å². The maximum atomic E-state index is 11.6. The van der Waals surface area contributed by atoms with Gasteiger partial charge in [-0.15, -0.1) is 0 Å². The Balaban J connectivity index is 2.49. The van der Waals surface area contributed by atoms with Crippen molar-refractivity contribution in [3.8, 4) is 0 Å². The molecule has 1 heterocycles. The number of carbonyl (C=O) groups is 2. The fourth-order valence-electron chi connectivity index (χ4n) is 1.72. The van der Waals surface area contributed by atoms with Gasteiger partial charge in [-0.3, -0.25) is 14.5 Å². The van der Waals surface area contributed by atoms with Gasteiger partial charge in [0.25, 0.3) is 0 Å². The number of hydrogen-bond acceptors (Lipinski definition) is 5. The Morgan fingerprint density at radius 2 is 2.31 bits per heavy atom. The predicted octanol–water partition coefficient (Wildman–Crippen LogP) is -0.702. The minimum Gasteiger partial charge on any atom is -0.481 e. The van der Waals surface area contributed by atoms with Crippen LogP contribution in [0.25, 0.3) is 0 Å². The van der Waals surface area contributed by atoms with Crippen LogP contribution < -0.4 is 5.32 Å². The molecule has 0 amide bonds. The maximum Gasteiger partial charge on any atom is 0.324 e. The molecule has 1 atom stereocenters. The summed E-state index contributed by atoms with van der Waals surface area (Å²) < 4.78 is 4.95. The van der Waals surface area contributed by atoms with Crippen LogP contribution >= 0.6 is 0 Å². The highest BCUT2D eigenvalue weighted by Crippen LogP contribution is 2.06. The maximum absolute atomic E-state index is 11.6. The van der Waals surface area contributed by atoms with Gasteiger partial charge in [-0.05, 0) is 6.92 Å². The topological polar surface area (TPSA) is 78.9 Å². The summed E-state index contributed by atoms with van der Waals surface area (Å²) in [6, 6.07) is -0.354. The van der Waals surface area contributed by atoms with E-state index >= 15 is 0 Å². The summed E-state index contributed by atoms with van der Waals surface area (Å²) in [5.74, 6) is -1.12. The number of esters is 1. The molecule has 2 N–H and O–H groups in total. The second kappa shape index (κ2) is 6.44. The molecule has 0 radical (unpaired) electrons. The van der Waals surface area contributed by atoms with Gasteiger partial charge < -0.3 is 15.2 Å². The molecule has 16 heavy (non-hydrogen) atoms. The van der Waals surface area contributed by atoms with E-state index in [2.05, 4.69) is 5.32 Å². The zero-order valence-corrected chi connectivity index (χ0v) is 9.44. The molecule has 1 saturated heterocycles. The summed E-state index contributed by atoms with van der Waals surface area (Å²) in [5.41, 5.74) is 0. The van der Waals surface area contributed by atoms with Crippen LogP contribution in [0.3, 0.4) is 0 Å². The highest BCUT2D eigenvalue weighted by molar-refractivity contribution is 5.76. The zero-order chi connectivity index (χ0) is 12.0. The molecule has 1 unspecified atom stereocenters. The molecule has 0 spiro atoms. The van der Waals surface area contributed by atoms with Gasteiger partial charge in [-0.2, -0.15) is 0 Å². The molecular formula is C10H18N2O4. The van der Waals surface area contributed by atoms with Gasteiger partial charge in [0.05, 0.1) is 13.0 Å². The molecule has 0 aromatic rings. The van der Waals surface area contributed by atoms with Gasteiger partial charge in [0.1, 0.15) is 6.04 Å². The van der Waals surface area contributed by atoms with Crippen LogP contribution in [0.15, 0.2) is 0 Å². The Kier molecular flexibility index (Phi) is 5.21. The molecule has 1 aliphatic heterocycles. The Morgan fingerprint density at radius 1 is 1.56 bits per heavy atom. The first-order valence-electron chi connectivity index (χ1n) is 5.48. The summed E-state index contributed by atoms with van der Waals surface area (Å²) in [7, 11) is 0. The van der Waals surface area contributed by atoms with Crippen molar-refractivity contribution < 1.29 is 19.4 Å². The molecule has 0 aromatic carbocycles. The van der Waals surface area contributed by atoms with Crippen LogP contribution in [0.1, 0.15) is 13.3 Å². The summed E-state index contributed by atoms with van der Waals surface area (Å²) in [6.07, 6.45) is 0.0515. The Labute approximate surface area is 94.6 Å². The third-order valence-electron chi connectivity index (χ3n) is 2.53. The number of rotatable bonds is 5. The van der Waals surface area contributed by atoms with Crippen molar-refractivity contribution in [2.45, 2.75) is 19.4 Å². The van der Waals surface area contributed by atoms with Crippen molar-refractivity contribution in [3.05, 3.63) is 0 Å². The quantitative estimate of drug-likeness (QED) is 0.608. The molecule has 0 saturated carbocycles. The molecule has 1 fully saturated rings. The number of carbonyl (C=O) groups excluding carboxylic acids is 1. The van der Waals surface area contributed by atoms with E-state index in [1.54, 1.807) is 6.92 Å². The van der Waals surface area contributed by atoms with E-state index in [9.17, 15) is 9.59 Å². The molecular weight excluding hydrogens is 212 g/mol. The Morgan fingerprint density at radius 3 is 2.94 bits per heavy atom. The van der Waals surface area contributed by atoms with Crippen molar-refractivity contribution in [2.75, 3.05) is 32.8 Å². The van der Waals surface area contributed by atoms with Crippen LogP contribution in [0.5, 0.6) is 0 Å². The van der Waals surface area contributed by atoms with E-state index < -0.39 is 5.97 Å². The Bertz CT molecular complexity index is 257. The van der Waals surface area contributed by atoms with Gasteiger partial charge in [0, 0.05) is 26.2 Å². The van der Waals surface area contributed by atoms with E-state index in [-0.39, 0.29) is 18.4 Å². The lowest BCUT2D eigenvalue weighted by molar-refractivity contribution is -0.151. The Hall–Kier alpha value is -1.14. The van der Waals surface area contributed by atoms with E-state index in [0.29, 0.717) is 26.2 Å². The number of aliphatic carboxylic acids is 1. The smallest absolute Gasteiger partial charge is 0.324 e. The largest absolute Gasteiger partial charge is 0.481 e. The molecule has 6 heteroatoms. The normalized spacial score (nSPS) is 21.7. The third kappa shape index (κ3) is 3.79. The number of nitrogens with zero attached hydrogens (tertiary/aromatic N) is 1. The number of ether oxygens (including phenoxy) is 1. The van der Waals surface area contributed by atoms with Crippen molar-refractivity contribution in [1.29, 1.82) is 0 Å². The minimum atomic E-state index is -0.846. The molecule has 1 aliphatic rings. The lowest BCUT2D eigenvalue weighted by atomic mass is 10.2. The van der Waals surface area contributed by atoms with E-state index in [0.717, 1.165) is 6.54 Å². The number of carboxylic acid groups (broad SMARTS) is 1. The van der Waals surface area contributed by atoms with Crippen LogP contribution in [0.4, 0.5) is 0 Å². The zero-order valence-electron chi connectivity index (χ0n) is 9.44. The third-order valence-corrected chi connectivity index (χ3v) is 2.53. The molecule has 1 rings (SSSR count). The van der Waals surface area contributed by atoms with Crippen LogP contribution in [-0.4, -0.2) is 60.8 Å². The first kappa shape index (κ1) is 12.9. The van der Waals surface area contributed by atoms with Gasteiger partial charge in [0.2, 0.25) is 0 Å². The van der Waals surface area contributed by atoms with Gasteiger partial charge in [-0.25, -0.2) is 0 Å². The second-order valence-electron chi connectivity index (χ2n) is 3.65. The number of hydrogen-bond donors (Lipinski definition) is 2. The summed E-state index contributed by atoms with van der Waals surface area (Å²) in [6.45, 7) is 4.48. The lowest BCUT2D eigenvalue weighted by Crippen LogP contribution is -2.55. The fourth-order valence-corrected chi connectivity index (χ4v) is 1.72. The SMILES string of the molecule is CCOC(=O)C1CNCCN1CCC(=O)O. The molecule has 0 bridgehead atoms. The van der Waals surface area contributed by atoms with Gasteiger partial charge in [0.15, 0.2) is 0 Å². The molecule has 0 aromatic heterocycles. The minimum absolute atomic E-state index is 0.0515. The number of nitrogens with one attached hydrogen (secondary N) is 1. The van der Waals surface area contributed by atoms with Gasteiger partial charge >= 0.3 is 11.9 Å². The second-order valence-corrected chi connectivity index (χ2v) is 3.65. The number of piperazine rings is 1. The van der Waals surface area contributed by atoms with Crippen molar-refractivity contribution in [1.82, 2.24) is 10.2 Å².